The summed E-state index contributed by atoms with van der Waals surface area (Å²) in [5.74, 6) is -0.547. The van der Waals surface area contributed by atoms with E-state index in [1.54, 1.807) is 0 Å². The predicted octanol–water partition coefficient (Wildman–Crippen LogP) is 2.72. The summed E-state index contributed by atoms with van der Waals surface area (Å²) in [6.07, 6.45) is 4.44. The Kier molecular flexibility index (Phi) is 5.48. The number of halogens is 1. The van der Waals surface area contributed by atoms with Crippen molar-refractivity contribution in [2.45, 2.75) is 56.5 Å². The fraction of sp³-hybridized carbons (Fsp3) is 0.625. The van der Waals surface area contributed by atoms with Gasteiger partial charge in [0, 0.05) is 30.8 Å². The van der Waals surface area contributed by atoms with Crippen LogP contribution in [0, 0.1) is 0 Å². The van der Waals surface area contributed by atoms with Gasteiger partial charge in [0.15, 0.2) is 5.79 Å². The van der Waals surface area contributed by atoms with E-state index in [2.05, 4.69) is 4.72 Å². The molecule has 2 atom stereocenters. The third-order valence-electron chi connectivity index (χ3n) is 4.60. The lowest BCUT2D eigenvalue weighted by Gasteiger charge is -2.22. The Bertz CT molecular complexity index is 675. The number of ether oxygens (including phenoxy) is 2. The van der Waals surface area contributed by atoms with Crippen molar-refractivity contribution < 1.29 is 22.4 Å². The molecular formula is C16H22ClNO5S. The first-order valence-corrected chi connectivity index (χ1v) is 10.00. The molecule has 134 valence electrons. The van der Waals surface area contributed by atoms with Crippen LogP contribution in [0.15, 0.2) is 24.3 Å². The molecule has 1 saturated heterocycles. The van der Waals surface area contributed by atoms with E-state index in [0.29, 0.717) is 17.9 Å². The van der Waals surface area contributed by atoms with Gasteiger partial charge in [0.25, 0.3) is 0 Å². The summed E-state index contributed by atoms with van der Waals surface area (Å²) in [5, 5.41) is 0.684. The first-order valence-electron chi connectivity index (χ1n) is 8.18. The Morgan fingerprint density at radius 2 is 1.88 bits per heavy atom. The van der Waals surface area contributed by atoms with Gasteiger partial charge in [-0.05, 0) is 30.9 Å². The molecule has 2 aliphatic rings. The normalized spacial score (nSPS) is 26.2. The molecule has 6 nitrogen and oxygen atoms in total. The SMILES string of the molecule is O=S(=O)(O)NCCC1OC2(CCCC2)OC1Cc1ccccc1Cl. The van der Waals surface area contributed by atoms with Crippen LogP contribution in [0.1, 0.15) is 37.7 Å². The zero-order valence-electron chi connectivity index (χ0n) is 13.3. The topological polar surface area (TPSA) is 84.9 Å². The van der Waals surface area contributed by atoms with Crippen LogP contribution in [-0.4, -0.2) is 37.5 Å². The van der Waals surface area contributed by atoms with Crippen LogP contribution in [0.5, 0.6) is 0 Å². The van der Waals surface area contributed by atoms with Gasteiger partial charge in [0.1, 0.15) is 0 Å². The highest BCUT2D eigenvalue weighted by molar-refractivity contribution is 7.83. The second-order valence-corrected chi connectivity index (χ2v) is 8.03. The number of hydrogen-bond donors (Lipinski definition) is 2. The predicted molar refractivity (Wildman–Crippen MR) is 90.3 cm³/mol. The van der Waals surface area contributed by atoms with Crippen molar-refractivity contribution in [2.24, 2.45) is 0 Å². The van der Waals surface area contributed by atoms with Crippen LogP contribution in [0.4, 0.5) is 0 Å². The highest BCUT2D eigenvalue weighted by Crippen LogP contribution is 2.43. The van der Waals surface area contributed by atoms with Gasteiger partial charge in [-0.25, -0.2) is 0 Å². The van der Waals surface area contributed by atoms with Gasteiger partial charge in [-0.1, -0.05) is 29.8 Å². The van der Waals surface area contributed by atoms with Gasteiger partial charge in [-0.2, -0.15) is 13.1 Å². The van der Waals surface area contributed by atoms with Crippen LogP contribution < -0.4 is 4.72 Å². The van der Waals surface area contributed by atoms with Crippen LogP contribution in [0.3, 0.4) is 0 Å². The molecule has 1 heterocycles. The minimum absolute atomic E-state index is 0.0992. The van der Waals surface area contributed by atoms with Crippen molar-refractivity contribution in [1.82, 2.24) is 4.72 Å². The molecule has 2 N–H and O–H groups in total. The largest absolute Gasteiger partial charge is 0.344 e. The zero-order chi connectivity index (χ0) is 17.2. The molecule has 2 unspecified atom stereocenters. The lowest BCUT2D eigenvalue weighted by Crippen LogP contribution is -2.31. The smallest absolute Gasteiger partial charge is 0.333 e. The maximum absolute atomic E-state index is 10.8. The minimum atomic E-state index is -4.19. The standard InChI is InChI=1S/C16H22ClNO5S/c17-13-6-2-1-5-12(13)11-15-14(7-10-18-24(19,20)21)22-16(23-15)8-3-4-9-16/h1-2,5-6,14-15,18H,3-4,7-11H2,(H,19,20,21). The Morgan fingerprint density at radius 1 is 1.21 bits per heavy atom. The van der Waals surface area contributed by atoms with Crippen molar-refractivity contribution in [3.8, 4) is 0 Å². The molecule has 1 aromatic rings. The monoisotopic (exact) mass is 375 g/mol. The average Bonchev–Trinajstić information content (AvgIpc) is 3.08. The maximum Gasteiger partial charge on any atom is 0.333 e. The van der Waals surface area contributed by atoms with Crippen LogP contribution >= 0.6 is 11.6 Å². The Morgan fingerprint density at radius 3 is 2.54 bits per heavy atom. The summed E-state index contributed by atoms with van der Waals surface area (Å²) in [5.41, 5.74) is 0.982. The summed E-state index contributed by atoms with van der Waals surface area (Å²) >= 11 is 6.24. The second kappa shape index (κ2) is 7.27. The number of rotatable bonds is 6. The van der Waals surface area contributed by atoms with Crippen LogP contribution in [0.2, 0.25) is 5.02 Å². The van der Waals surface area contributed by atoms with Crippen molar-refractivity contribution in [1.29, 1.82) is 0 Å². The third kappa shape index (κ3) is 4.47. The molecule has 24 heavy (non-hydrogen) atoms. The molecule has 0 aromatic heterocycles. The molecule has 1 saturated carbocycles. The van der Waals surface area contributed by atoms with Crippen LogP contribution in [0.25, 0.3) is 0 Å². The van der Waals surface area contributed by atoms with Crippen molar-refractivity contribution in [3.05, 3.63) is 34.9 Å². The van der Waals surface area contributed by atoms with E-state index in [0.717, 1.165) is 31.2 Å². The second-order valence-electron chi connectivity index (χ2n) is 6.38. The minimum Gasteiger partial charge on any atom is -0.344 e. The summed E-state index contributed by atoms with van der Waals surface area (Å²) in [7, 11) is -4.19. The van der Waals surface area contributed by atoms with E-state index in [1.165, 1.54) is 0 Å². The Balaban J connectivity index is 1.69. The average molecular weight is 376 g/mol. The van der Waals surface area contributed by atoms with Gasteiger partial charge in [-0.3, -0.25) is 4.55 Å². The summed E-state index contributed by atoms with van der Waals surface area (Å²) in [6.45, 7) is 0.0992. The molecule has 3 rings (SSSR count). The molecular weight excluding hydrogens is 354 g/mol. The maximum atomic E-state index is 10.8. The van der Waals surface area contributed by atoms with Crippen molar-refractivity contribution in [3.63, 3.8) is 0 Å². The lowest BCUT2D eigenvalue weighted by atomic mass is 10.0. The highest BCUT2D eigenvalue weighted by atomic mass is 35.5. The van der Waals surface area contributed by atoms with Gasteiger partial charge in [0.05, 0.1) is 12.2 Å². The highest BCUT2D eigenvalue weighted by Gasteiger charge is 2.48. The molecule has 8 heteroatoms. The summed E-state index contributed by atoms with van der Waals surface area (Å²) in [6, 6.07) is 7.60. The van der Waals surface area contributed by atoms with E-state index in [-0.39, 0.29) is 18.8 Å². The quantitative estimate of drug-likeness (QED) is 0.747. The van der Waals surface area contributed by atoms with Gasteiger partial charge in [0.2, 0.25) is 0 Å². The molecule has 0 amide bonds. The molecule has 2 fully saturated rings. The fourth-order valence-corrected chi connectivity index (χ4v) is 4.10. The molecule has 1 spiro atoms. The van der Waals surface area contributed by atoms with Gasteiger partial charge >= 0.3 is 10.3 Å². The lowest BCUT2D eigenvalue weighted by molar-refractivity contribution is -0.169. The van der Waals surface area contributed by atoms with Gasteiger partial charge < -0.3 is 9.47 Å². The van der Waals surface area contributed by atoms with E-state index >= 15 is 0 Å². The van der Waals surface area contributed by atoms with E-state index in [9.17, 15) is 8.42 Å². The van der Waals surface area contributed by atoms with E-state index < -0.39 is 16.1 Å². The summed E-state index contributed by atoms with van der Waals surface area (Å²) in [4.78, 5) is 0. The molecule has 1 aromatic carbocycles. The fourth-order valence-electron chi connectivity index (χ4n) is 3.51. The molecule has 0 bridgehead atoms. The Labute approximate surface area is 147 Å². The van der Waals surface area contributed by atoms with Crippen molar-refractivity contribution >= 4 is 21.9 Å². The first-order chi connectivity index (χ1) is 11.4. The van der Waals surface area contributed by atoms with Gasteiger partial charge in [-0.15, -0.1) is 0 Å². The molecule has 1 aliphatic carbocycles. The first kappa shape index (κ1) is 18.1. The van der Waals surface area contributed by atoms with E-state index in [1.807, 2.05) is 24.3 Å². The summed E-state index contributed by atoms with van der Waals surface area (Å²) < 4.78 is 45.0. The molecule has 1 aliphatic heterocycles. The molecule has 0 radical (unpaired) electrons. The Hall–Kier alpha value is -0.700. The van der Waals surface area contributed by atoms with E-state index in [4.69, 9.17) is 25.6 Å². The third-order valence-corrected chi connectivity index (χ3v) is 5.54. The number of nitrogens with one attached hydrogen (secondary N) is 1. The zero-order valence-corrected chi connectivity index (χ0v) is 14.9. The number of hydrogen-bond acceptors (Lipinski definition) is 4. The van der Waals surface area contributed by atoms with Crippen molar-refractivity contribution in [2.75, 3.05) is 6.54 Å². The number of benzene rings is 1. The van der Waals surface area contributed by atoms with Crippen LogP contribution in [-0.2, 0) is 26.2 Å².